The monoisotopic (exact) mass is 556 g/mol. The summed E-state index contributed by atoms with van der Waals surface area (Å²) in [6, 6.07) is 10.7. The maximum atomic E-state index is 13.0. The molecule has 162 valence electrons. The number of hydrogen-bond acceptors (Lipinski definition) is 3. The SMILES string of the molecule is CCc1cc(Br)cc(CC)c1NC(=O)C1CCN(S(=O)(=O)c2ccc(Br)cc2)CC1. The smallest absolute Gasteiger partial charge is 0.243 e. The van der Waals surface area contributed by atoms with Gasteiger partial charge in [0.1, 0.15) is 0 Å². The Hall–Kier alpha value is -1.22. The van der Waals surface area contributed by atoms with Crippen molar-refractivity contribution >= 4 is 53.5 Å². The zero-order valence-electron chi connectivity index (χ0n) is 17.1. The van der Waals surface area contributed by atoms with Crippen molar-refractivity contribution in [3.05, 3.63) is 56.5 Å². The molecule has 1 N–H and O–H groups in total. The van der Waals surface area contributed by atoms with Crippen LogP contribution < -0.4 is 5.32 Å². The fraction of sp³-hybridized carbons (Fsp3) is 0.409. The number of amides is 1. The lowest BCUT2D eigenvalue weighted by Gasteiger charge is -2.31. The van der Waals surface area contributed by atoms with Gasteiger partial charge in [0, 0.05) is 33.6 Å². The van der Waals surface area contributed by atoms with Crippen LogP contribution in [0, 0.1) is 5.92 Å². The van der Waals surface area contributed by atoms with Gasteiger partial charge in [0.05, 0.1) is 4.90 Å². The molecule has 0 unspecified atom stereocenters. The molecule has 8 heteroatoms. The fourth-order valence-electron chi connectivity index (χ4n) is 3.78. The molecule has 0 radical (unpaired) electrons. The van der Waals surface area contributed by atoms with Crippen LogP contribution in [0.1, 0.15) is 37.8 Å². The Morgan fingerprint density at radius 3 is 2.03 bits per heavy atom. The third-order valence-electron chi connectivity index (χ3n) is 5.55. The van der Waals surface area contributed by atoms with Crippen LogP contribution in [0.3, 0.4) is 0 Å². The summed E-state index contributed by atoms with van der Waals surface area (Å²) in [5.74, 6) is -0.221. The number of piperidine rings is 1. The molecule has 3 rings (SSSR count). The normalized spacial score (nSPS) is 15.9. The molecule has 0 aromatic heterocycles. The van der Waals surface area contributed by atoms with Gasteiger partial charge in [0.25, 0.3) is 0 Å². The van der Waals surface area contributed by atoms with E-state index in [4.69, 9.17) is 0 Å². The molecule has 0 spiro atoms. The molecule has 2 aromatic carbocycles. The Balaban J connectivity index is 1.68. The first kappa shape index (κ1) is 23.4. The van der Waals surface area contributed by atoms with Crippen molar-refractivity contribution in [2.45, 2.75) is 44.4 Å². The molecule has 0 aliphatic carbocycles. The Kier molecular flexibility index (Phi) is 7.76. The van der Waals surface area contributed by atoms with Gasteiger partial charge in [0.15, 0.2) is 0 Å². The van der Waals surface area contributed by atoms with Gasteiger partial charge in [-0.25, -0.2) is 8.42 Å². The number of sulfonamides is 1. The van der Waals surface area contributed by atoms with Gasteiger partial charge in [-0.15, -0.1) is 0 Å². The number of carbonyl (C=O) groups excluding carboxylic acids is 1. The average molecular weight is 558 g/mol. The number of carbonyl (C=O) groups is 1. The number of nitrogens with zero attached hydrogens (tertiary/aromatic N) is 1. The van der Waals surface area contributed by atoms with Gasteiger partial charge < -0.3 is 5.32 Å². The van der Waals surface area contributed by atoms with Gasteiger partial charge >= 0.3 is 0 Å². The zero-order chi connectivity index (χ0) is 21.9. The highest BCUT2D eigenvalue weighted by atomic mass is 79.9. The van der Waals surface area contributed by atoms with Crippen LogP contribution in [0.15, 0.2) is 50.2 Å². The predicted molar refractivity (Wildman–Crippen MR) is 127 cm³/mol. The van der Waals surface area contributed by atoms with Crippen LogP contribution >= 0.6 is 31.9 Å². The molecular formula is C22H26Br2N2O3S. The Morgan fingerprint density at radius 1 is 1.00 bits per heavy atom. The van der Waals surface area contributed by atoms with Crippen molar-refractivity contribution in [3.8, 4) is 0 Å². The van der Waals surface area contributed by atoms with Crippen LogP contribution in [-0.4, -0.2) is 31.7 Å². The van der Waals surface area contributed by atoms with E-state index in [1.54, 1.807) is 24.3 Å². The van der Waals surface area contributed by atoms with Crippen molar-refractivity contribution < 1.29 is 13.2 Å². The van der Waals surface area contributed by atoms with E-state index in [0.29, 0.717) is 25.9 Å². The fourth-order valence-corrected chi connectivity index (χ4v) is 6.07. The van der Waals surface area contributed by atoms with E-state index in [1.807, 2.05) is 12.1 Å². The summed E-state index contributed by atoms with van der Waals surface area (Å²) in [5.41, 5.74) is 3.10. The predicted octanol–water partition coefficient (Wildman–Crippen LogP) is 5.38. The van der Waals surface area contributed by atoms with Gasteiger partial charge in [-0.2, -0.15) is 4.31 Å². The quantitative estimate of drug-likeness (QED) is 0.519. The summed E-state index contributed by atoms with van der Waals surface area (Å²) < 4.78 is 29.1. The minimum Gasteiger partial charge on any atom is -0.325 e. The number of aryl methyl sites for hydroxylation is 2. The highest BCUT2D eigenvalue weighted by Gasteiger charge is 2.32. The maximum Gasteiger partial charge on any atom is 0.243 e. The van der Waals surface area contributed by atoms with Gasteiger partial charge in [-0.1, -0.05) is 45.7 Å². The summed E-state index contributed by atoms with van der Waals surface area (Å²) >= 11 is 6.87. The van der Waals surface area contributed by atoms with Gasteiger partial charge in [-0.3, -0.25) is 4.79 Å². The highest BCUT2D eigenvalue weighted by Crippen LogP contribution is 2.30. The molecule has 1 fully saturated rings. The van der Waals surface area contributed by atoms with E-state index in [9.17, 15) is 13.2 Å². The number of rotatable bonds is 6. The lowest BCUT2D eigenvalue weighted by Crippen LogP contribution is -2.41. The molecule has 1 saturated heterocycles. The van der Waals surface area contributed by atoms with Crippen molar-refractivity contribution in [2.75, 3.05) is 18.4 Å². The Labute approximate surface area is 195 Å². The summed E-state index contributed by atoms with van der Waals surface area (Å²) in [6.07, 6.45) is 2.68. The number of nitrogens with one attached hydrogen (secondary N) is 1. The van der Waals surface area contributed by atoms with E-state index < -0.39 is 10.0 Å². The van der Waals surface area contributed by atoms with E-state index in [-0.39, 0.29) is 16.7 Å². The van der Waals surface area contributed by atoms with Crippen LogP contribution in [0.25, 0.3) is 0 Å². The number of benzene rings is 2. The number of hydrogen-bond donors (Lipinski definition) is 1. The molecule has 0 bridgehead atoms. The molecule has 5 nitrogen and oxygen atoms in total. The van der Waals surface area contributed by atoms with Crippen molar-refractivity contribution in [2.24, 2.45) is 5.92 Å². The molecule has 0 atom stereocenters. The molecule has 1 heterocycles. The third-order valence-corrected chi connectivity index (χ3v) is 8.45. The number of halogens is 2. The van der Waals surface area contributed by atoms with E-state index in [1.165, 1.54) is 4.31 Å². The van der Waals surface area contributed by atoms with Gasteiger partial charge in [0.2, 0.25) is 15.9 Å². The minimum atomic E-state index is -3.54. The van der Waals surface area contributed by atoms with Crippen molar-refractivity contribution in [1.29, 1.82) is 0 Å². The second-order valence-electron chi connectivity index (χ2n) is 7.43. The van der Waals surface area contributed by atoms with Crippen LogP contribution in [0.2, 0.25) is 0 Å². The first-order valence-electron chi connectivity index (χ1n) is 10.1. The molecule has 1 amide bonds. The van der Waals surface area contributed by atoms with Crippen molar-refractivity contribution in [3.63, 3.8) is 0 Å². The molecule has 1 aliphatic rings. The van der Waals surface area contributed by atoms with E-state index in [2.05, 4.69) is 51.0 Å². The first-order valence-corrected chi connectivity index (χ1v) is 13.2. The van der Waals surface area contributed by atoms with E-state index >= 15 is 0 Å². The Morgan fingerprint density at radius 2 is 1.53 bits per heavy atom. The summed E-state index contributed by atoms with van der Waals surface area (Å²) in [5, 5.41) is 3.14. The largest absolute Gasteiger partial charge is 0.325 e. The standard InChI is InChI=1S/C22H26Br2N2O3S/c1-3-15-13-19(24)14-16(4-2)21(15)25-22(27)17-9-11-26(12-10-17)30(28,29)20-7-5-18(23)6-8-20/h5-8,13-14,17H,3-4,9-12H2,1-2H3,(H,25,27). The highest BCUT2D eigenvalue weighted by molar-refractivity contribution is 9.10. The second-order valence-corrected chi connectivity index (χ2v) is 11.2. The lowest BCUT2D eigenvalue weighted by molar-refractivity contribution is -0.120. The molecule has 30 heavy (non-hydrogen) atoms. The molecule has 2 aromatic rings. The average Bonchev–Trinajstić information content (AvgIpc) is 2.74. The van der Waals surface area contributed by atoms with Crippen LogP contribution in [-0.2, 0) is 27.7 Å². The van der Waals surface area contributed by atoms with Gasteiger partial charge in [-0.05, 0) is 73.2 Å². The van der Waals surface area contributed by atoms with Crippen LogP contribution in [0.4, 0.5) is 5.69 Å². The summed E-state index contributed by atoms with van der Waals surface area (Å²) in [6.45, 7) is 4.83. The zero-order valence-corrected chi connectivity index (χ0v) is 21.1. The third kappa shape index (κ3) is 5.15. The summed E-state index contributed by atoms with van der Waals surface area (Å²) in [4.78, 5) is 13.2. The molecular weight excluding hydrogens is 532 g/mol. The molecule has 1 aliphatic heterocycles. The van der Waals surface area contributed by atoms with Crippen LogP contribution in [0.5, 0.6) is 0 Å². The lowest BCUT2D eigenvalue weighted by atomic mass is 9.96. The summed E-state index contributed by atoms with van der Waals surface area (Å²) in [7, 11) is -3.54. The first-order chi connectivity index (χ1) is 14.3. The topological polar surface area (TPSA) is 66.5 Å². The minimum absolute atomic E-state index is 0.0255. The maximum absolute atomic E-state index is 13.0. The molecule has 0 saturated carbocycles. The second kappa shape index (κ2) is 9.94. The van der Waals surface area contributed by atoms with E-state index in [0.717, 1.165) is 38.6 Å². The number of anilines is 1. The van der Waals surface area contributed by atoms with Crippen molar-refractivity contribution in [1.82, 2.24) is 4.31 Å². The Bertz CT molecular complexity index is 990.